The van der Waals surface area contributed by atoms with Crippen LogP contribution in [0.2, 0.25) is 0 Å². The van der Waals surface area contributed by atoms with Crippen molar-refractivity contribution in [3.05, 3.63) is 35.3 Å². The maximum atomic E-state index is 4.97. The van der Waals surface area contributed by atoms with Gasteiger partial charge in [0.1, 0.15) is 0 Å². The maximum absolute atomic E-state index is 4.97. The third kappa shape index (κ3) is 2.90. The Morgan fingerprint density at radius 1 is 0.708 bits per heavy atom. The highest BCUT2D eigenvalue weighted by molar-refractivity contribution is 6.01. The monoisotopic (exact) mass is 320 g/mol. The van der Waals surface area contributed by atoms with Crippen molar-refractivity contribution in [1.29, 1.82) is 0 Å². The van der Waals surface area contributed by atoms with E-state index in [1.165, 1.54) is 47.1 Å². The number of hydrogen-bond donors (Lipinski definition) is 1. The fourth-order valence-electron chi connectivity index (χ4n) is 4.40. The number of nitrogens with one attached hydrogen (secondary N) is 1. The molecule has 1 N–H and O–H groups in total. The molecule has 0 aromatic carbocycles. The minimum Gasteiger partial charge on any atom is -0.362 e. The summed E-state index contributed by atoms with van der Waals surface area (Å²) in [5, 5.41) is 3.59. The van der Waals surface area contributed by atoms with Crippen LogP contribution in [0, 0.1) is 0 Å². The van der Waals surface area contributed by atoms with E-state index in [1.54, 1.807) is 0 Å². The Morgan fingerprint density at radius 2 is 1.38 bits per heavy atom. The van der Waals surface area contributed by atoms with E-state index in [0.717, 1.165) is 44.9 Å². The van der Waals surface area contributed by atoms with E-state index < -0.39 is 0 Å². The zero-order valence-electron chi connectivity index (χ0n) is 14.1. The van der Waals surface area contributed by atoms with E-state index in [-0.39, 0.29) is 0 Å². The highest BCUT2D eigenvalue weighted by atomic mass is 14.9. The van der Waals surface area contributed by atoms with Crippen molar-refractivity contribution in [2.24, 2.45) is 15.0 Å². The first kappa shape index (κ1) is 14.4. The molecule has 0 radical (unpaired) electrons. The summed E-state index contributed by atoms with van der Waals surface area (Å²) in [4.78, 5) is 14.7. The van der Waals surface area contributed by atoms with Crippen molar-refractivity contribution in [2.45, 2.75) is 69.9 Å². The van der Waals surface area contributed by atoms with E-state index in [0.29, 0.717) is 12.1 Å². The second kappa shape index (κ2) is 5.83. The molecule has 4 heteroatoms. The summed E-state index contributed by atoms with van der Waals surface area (Å²) in [5.74, 6) is 0. The largest absolute Gasteiger partial charge is 0.362 e. The lowest BCUT2D eigenvalue weighted by molar-refractivity contribution is 0.522. The quantitative estimate of drug-likeness (QED) is 0.724. The highest BCUT2D eigenvalue weighted by Crippen LogP contribution is 2.29. The average molecular weight is 320 g/mol. The Labute approximate surface area is 143 Å². The van der Waals surface area contributed by atoms with Crippen LogP contribution in [0.25, 0.3) is 0 Å². The van der Waals surface area contributed by atoms with Gasteiger partial charge in [0.05, 0.1) is 12.1 Å². The van der Waals surface area contributed by atoms with Crippen LogP contribution >= 0.6 is 0 Å². The van der Waals surface area contributed by atoms with Gasteiger partial charge in [0.25, 0.3) is 0 Å². The maximum Gasteiger partial charge on any atom is 0.0527 e. The molecule has 1 fully saturated rings. The normalized spacial score (nSPS) is 36.0. The van der Waals surface area contributed by atoms with Crippen LogP contribution in [0.1, 0.15) is 57.8 Å². The van der Waals surface area contributed by atoms with Crippen molar-refractivity contribution in [1.82, 2.24) is 5.32 Å². The second-order valence-corrected chi connectivity index (χ2v) is 7.56. The molecule has 2 atom stereocenters. The van der Waals surface area contributed by atoms with Gasteiger partial charge in [0, 0.05) is 34.2 Å². The Bertz CT molecular complexity index is 748. The number of hydrogen-bond acceptors (Lipinski definition) is 4. The van der Waals surface area contributed by atoms with Crippen LogP contribution in [-0.2, 0) is 0 Å². The molecular weight excluding hydrogens is 296 g/mol. The summed E-state index contributed by atoms with van der Waals surface area (Å²) in [6, 6.07) is 0.935. The number of fused-ring (bicyclic) bond motifs is 5. The van der Waals surface area contributed by atoms with Gasteiger partial charge in [-0.1, -0.05) is 0 Å². The van der Waals surface area contributed by atoms with Gasteiger partial charge < -0.3 is 5.32 Å². The van der Waals surface area contributed by atoms with Crippen LogP contribution in [0.3, 0.4) is 0 Å². The molecular formula is C20H24N4. The summed E-state index contributed by atoms with van der Waals surface area (Å²) >= 11 is 0. The smallest absolute Gasteiger partial charge is 0.0527 e. The number of rotatable bonds is 0. The average Bonchev–Trinajstić information content (AvgIpc) is 3.32. The molecule has 0 amide bonds. The number of nitrogens with zero attached hydrogens (tertiary/aromatic N) is 3. The first-order chi connectivity index (χ1) is 11.8. The van der Waals surface area contributed by atoms with E-state index in [9.17, 15) is 0 Å². The van der Waals surface area contributed by atoms with Crippen molar-refractivity contribution < 1.29 is 0 Å². The van der Waals surface area contributed by atoms with Gasteiger partial charge in [-0.05, 0) is 76.0 Å². The fraction of sp³-hybridized carbons (Fsp3) is 0.550. The fourth-order valence-corrected chi connectivity index (χ4v) is 4.40. The van der Waals surface area contributed by atoms with E-state index >= 15 is 0 Å². The van der Waals surface area contributed by atoms with E-state index in [4.69, 9.17) is 15.0 Å². The third-order valence-corrected chi connectivity index (χ3v) is 5.63. The summed E-state index contributed by atoms with van der Waals surface area (Å²) in [5.41, 5.74) is 7.58. The van der Waals surface area contributed by atoms with Gasteiger partial charge in [-0.2, -0.15) is 0 Å². The van der Waals surface area contributed by atoms with E-state index in [2.05, 4.69) is 23.5 Å². The minimum absolute atomic E-state index is 0.464. The van der Waals surface area contributed by atoms with Crippen LogP contribution in [-0.4, -0.2) is 29.2 Å². The topological polar surface area (TPSA) is 49.1 Å². The molecule has 5 aliphatic heterocycles. The SMILES string of the molecule is C1=C2CC/C(=C/C3=NC(=C\C4=NC(CC4)CC4CCC1=N4)/CC3)N2. The van der Waals surface area contributed by atoms with Crippen LogP contribution in [0.15, 0.2) is 50.3 Å². The molecule has 124 valence electrons. The van der Waals surface area contributed by atoms with Crippen LogP contribution in [0.5, 0.6) is 0 Å². The van der Waals surface area contributed by atoms with Crippen molar-refractivity contribution >= 4 is 17.1 Å². The molecule has 24 heavy (non-hydrogen) atoms. The van der Waals surface area contributed by atoms with Crippen molar-refractivity contribution in [3.8, 4) is 0 Å². The van der Waals surface area contributed by atoms with E-state index in [1.807, 2.05) is 0 Å². The zero-order valence-corrected chi connectivity index (χ0v) is 14.1. The molecule has 0 spiro atoms. The summed E-state index contributed by atoms with van der Waals surface area (Å²) in [6.45, 7) is 0. The number of aliphatic imine (C=N–C) groups is 3. The molecule has 2 unspecified atom stereocenters. The second-order valence-electron chi connectivity index (χ2n) is 7.56. The predicted octanol–water partition coefficient (Wildman–Crippen LogP) is 3.87. The minimum atomic E-state index is 0.464. The Balaban J connectivity index is 1.50. The van der Waals surface area contributed by atoms with Gasteiger partial charge in [0.15, 0.2) is 0 Å². The molecule has 1 saturated heterocycles. The zero-order chi connectivity index (χ0) is 15.9. The summed E-state index contributed by atoms with van der Waals surface area (Å²) in [7, 11) is 0. The summed E-state index contributed by atoms with van der Waals surface area (Å²) < 4.78 is 0. The van der Waals surface area contributed by atoms with Gasteiger partial charge in [0.2, 0.25) is 0 Å². The lowest BCUT2D eigenvalue weighted by Gasteiger charge is -2.10. The van der Waals surface area contributed by atoms with Gasteiger partial charge >= 0.3 is 0 Å². The lowest BCUT2D eigenvalue weighted by Crippen LogP contribution is -2.10. The molecule has 5 aliphatic rings. The number of allylic oxidation sites excluding steroid dienone is 6. The van der Waals surface area contributed by atoms with Gasteiger partial charge in [-0.25, -0.2) is 0 Å². The Morgan fingerprint density at radius 3 is 2.12 bits per heavy atom. The summed E-state index contributed by atoms with van der Waals surface area (Å²) in [6.07, 6.45) is 16.8. The highest BCUT2D eigenvalue weighted by Gasteiger charge is 2.25. The standard InChI is InChI=1S/C20H24N4/c1-2-14-10-16-5-6-18(23-16)12-20-8-7-19(24-20)11-17-4-3-15(22-17)9-13(1)21-14/h9-11,18,20-21H,1-8,12H2/b13-9-,14-10?,17-11-. The Kier molecular flexibility index (Phi) is 3.50. The molecule has 0 aromatic heterocycles. The molecule has 5 rings (SSSR count). The first-order valence-electron chi connectivity index (χ1n) is 9.40. The third-order valence-electron chi connectivity index (χ3n) is 5.63. The van der Waals surface area contributed by atoms with Gasteiger partial charge in [-0.3, -0.25) is 15.0 Å². The molecule has 4 nitrogen and oxygen atoms in total. The first-order valence-corrected chi connectivity index (χ1v) is 9.40. The molecule has 8 bridgehead atoms. The molecule has 0 aliphatic carbocycles. The molecule has 5 heterocycles. The van der Waals surface area contributed by atoms with Crippen LogP contribution in [0.4, 0.5) is 0 Å². The van der Waals surface area contributed by atoms with Crippen LogP contribution < -0.4 is 5.32 Å². The van der Waals surface area contributed by atoms with Gasteiger partial charge in [-0.15, -0.1) is 0 Å². The molecule has 0 saturated carbocycles. The van der Waals surface area contributed by atoms with Crippen molar-refractivity contribution in [2.75, 3.05) is 0 Å². The molecule has 0 aromatic rings. The predicted molar refractivity (Wildman–Crippen MR) is 98.8 cm³/mol. The Hall–Kier alpha value is -1.97. The van der Waals surface area contributed by atoms with Crippen molar-refractivity contribution in [3.63, 3.8) is 0 Å². The lowest BCUT2D eigenvalue weighted by atomic mass is 10.0.